The minimum atomic E-state index is -0.950. The summed E-state index contributed by atoms with van der Waals surface area (Å²) >= 11 is 1.13. The number of thiophene rings is 1. The van der Waals surface area contributed by atoms with Gasteiger partial charge in [0.2, 0.25) is 5.88 Å². The van der Waals surface area contributed by atoms with Crippen LogP contribution in [-0.2, 0) is 6.61 Å². The van der Waals surface area contributed by atoms with Gasteiger partial charge in [-0.1, -0.05) is 0 Å². The maximum atomic E-state index is 10.7. The van der Waals surface area contributed by atoms with E-state index in [1.54, 1.807) is 24.8 Å². The van der Waals surface area contributed by atoms with E-state index in [9.17, 15) is 4.79 Å². The van der Waals surface area contributed by atoms with Gasteiger partial charge in [0.05, 0.1) is 12.7 Å². The van der Waals surface area contributed by atoms with Crippen molar-refractivity contribution in [3.63, 3.8) is 0 Å². The highest BCUT2D eigenvalue weighted by atomic mass is 32.1. The molecule has 0 aliphatic rings. The molecule has 0 fully saturated rings. The van der Waals surface area contributed by atoms with Crippen molar-refractivity contribution in [1.82, 2.24) is 4.98 Å². The summed E-state index contributed by atoms with van der Waals surface area (Å²) in [4.78, 5) is 15.0. The van der Waals surface area contributed by atoms with Crippen LogP contribution in [0.25, 0.3) is 0 Å². The zero-order valence-corrected chi connectivity index (χ0v) is 10.4. The van der Waals surface area contributed by atoms with Crippen LogP contribution >= 0.6 is 11.3 Å². The number of carboxylic acid groups (broad SMARTS) is 1. The van der Waals surface area contributed by atoms with E-state index in [-0.39, 0.29) is 11.5 Å². The van der Waals surface area contributed by atoms with E-state index in [2.05, 4.69) is 4.98 Å². The molecule has 6 heteroatoms. The van der Waals surface area contributed by atoms with Gasteiger partial charge in [-0.25, -0.2) is 9.78 Å². The Bertz CT molecular complexity index is 553. The molecule has 0 aromatic carbocycles. The first-order chi connectivity index (χ1) is 8.70. The normalized spacial score (nSPS) is 10.1. The van der Waals surface area contributed by atoms with Gasteiger partial charge in [-0.2, -0.15) is 0 Å². The van der Waals surface area contributed by atoms with E-state index in [0.717, 1.165) is 16.9 Å². The third-order valence-electron chi connectivity index (χ3n) is 2.22. The van der Waals surface area contributed by atoms with Gasteiger partial charge in [0, 0.05) is 17.6 Å². The fourth-order valence-electron chi connectivity index (χ4n) is 1.39. The van der Waals surface area contributed by atoms with Crippen molar-refractivity contribution >= 4 is 17.3 Å². The summed E-state index contributed by atoms with van der Waals surface area (Å²) in [5.41, 5.74) is 0.808. The highest BCUT2D eigenvalue weighted by Gasteiger charge is 2.09. The van der Waals surface area contributed by atoms with Crippen molar-refractivity contribution in [3.8, 4) is 11.6 Å². The number of carbonyl (C=O) groups is 1. The Morgan fingerprint density at radius 1 is 1.56 bits per heavy atom. The first kappa shape index (κ1) is 12.4. The van der Waals surface area contributed by atoms with Gasteiger partial charge in [0.25, 0.3) is 0 Å². The van der Waals surface area contributed by atoms with Gasteiger partial charge in [-0.3, -0.25) is 0 Å². The fraction of sp³-hybridized carbons (Fsp3) is 0.167. The molecule has 0 saturated heterocycles. The molecule has 18 heavy (non-hydrogen) atoms. The molecular weight excluding hydrogens is 254 g/mol. The van der Waals surface area contributed by atoms with Crippen LogP contribution in [0.4, 0.5) is 0 Å². The zero-order chi connectivity index (χ0) is 13.0. The summed E-state index contributed by atoms with van der Waals surface area (Å²) in [5, 5.41) is 10.4. The number of pyridine rings is 1. The lowest BCUT2D eigenvalue weighted by atomic mass is 10.3. The molecule has 2 heterocycles. The van der Waals surface area contributed by atoms with Crippen LogP contribution in [0.3, 0.4) is 0 Å². The van der Waals surface area contributed by atoms with E-state index in [0.29, 0.717) is 11.6 Å². The minimum Gasteiger partial charge on any atom is -0.488 e. The lowest BCUT2D eigenvalue weighted by molar-refractivity contribution is 0.0702. The molecule has 0 aliphatic carbocycles. The average Bonchev–Trinajstić information content (AvgIpc) is 2.85. The molecule has 5 nitrogen and oxygen atoms in total. The summed E-state index contributed by atoms with van der Waals surface area (Å²) in [6.45, 7) is 0.285. The molecule has 0 spiro atoms. The molecule has 0 radical (unpaired) electrons. The highest BCUT2D eigenvalue weighted by Crippen LogP contribution is 2.23. The third kappa shape index (κ3) is 2.78. The number of rotatable bonds is 5. The molecule has 0 aliphatic heterocycles. The molecule has 0 bridgehead atoms. The van der Waals surface area contributed by atoms with Crippen molar-refractivity contribution in [2.45, 2.75) is 6.61 Å². The number of methoxy groups -OCH3 is 1. The van der Waals surface area contributed by atoms with Crippen LogP contribution in [0.1, 0.15) is 15.2 Å². The van der Waals surface area contributed by atoms with Crippen molar-refractivity contribution in [2.24, 2.45) is 0 Å². The summed E-state index contributed by atoms with van der Waals surface area (Å²) in [5.74, 6) is 0.0864. The number of aromatic carboxylic acids is 1. The number of carboxylic acids is 1. The second-order valence-electron chi connectivity index (χ2n) is 3.41. The molecule has 0 amide bonds. The SMILES string of the molecule is COc1ncccc1COc1csc(C(=O)O)c1. The first-order valence-electron chi connectivity index (χ1n) is 5.13. The Balaban J connectivity index is 2.04. The summed E-state index contributed by atoms with van der Waals surface area (Å²) < 4.78 is 10.6. The molecule has 2 aromatic rings. The largest absolute Gasteiger partial charge is 0.488 e. The molecule has 1 N–H and O–H groups in total. The number of aromatic nitrogens is 1. The minimum absolute atomic E-state index is 0.253. The lowest BCUT2D eigenvalue weighted by Gasteiger charge is -2.07. The van der Waals surface area contributed by atoms with Crippen LogP contribution in [0, 0.1) is 0 Å². The predicted octanol–water partition coefficient (Wildman–Crippen LogP) is 2.43. The van der Waals surface area contributed by atoms with Gasteiger partial charge < -0.3 is 14.6 Å². The molecule has 0 unspecified atom stereocenters. The van der Waals surface area contributed by atoms with E-state index in [4.69, 9.17) is 14.6 Å². The average molecular weight is 265 g/mol. The monoisotopic (exact) mass is 265 g/mol. The topological polar surface area (TPSA) is 68.7 Å². The van der Waals surface area contributed by atoms with Crippen molar-refractivity contribution in [2.75, 3.05) is 7.11 Å². The molecule has 0 saturated carbocycles. The first-order valence-corrected chi connectivity index (χ1v) is 6.01. The second kappa shape index (κ2) is 5.50. The zero-order valence-electron chi connectivity index (χ0n) is 9.62. The van der Waals surface area contributed by atoms with E-state index in [1.165, 1.54) is 6.07 Å². The quantitative estimate of drug-likeness (QED) is 0.899. The fourth-order valence-corrected chi connectivity index (χ4v) is 2.05. The summed E-state index contributed by atoms with van der Waals surface area (Å²) in [7, 11) is 1.54. The van der Waals surface area contributed by atoms with Crippen molar-refractivity contribution < 1.29 is 19.4 Å². The number of hydrogen-bond acceptors (Lipinski definition) is 5. The Kier molecular flexibility index (Phi) is 3.78. The van der Waals surface area contributed by atoms with Crippen LogP contribution in [0.15, 0.2) is 29.8 Å². The van der Waals surface area contributed by atoms with Crippen LogP contribution in [0.5, 0.6) is 11.6 Å². The maximum absolute atomic E-state index is 10.7. The Labute approximate surface area is 108 Å². The van der Waals surface area contributed by atoms with E-state index >= 15 is 0 Å². The standard InChI is InChI=1S/C12H11NO4S/c1-16-11-8(3-2-4-13-11)6-17-9-5-10(12(14)15)18-7-9/h2-5,7H,6H2,1H3,(H,14,15). The number of nitrogens with zero attached hydrogens (tertiary/aromatic N) is 1. The number of ether oxygens (including phenoxy) is 2. The second-order valence-corrected chi connectivity index (χ2v) is 4.32. The Hall–Kier alpha value is -2.08. The molecule has 2 rings (SSSR count). The Morgan fingerprint density at radius 3 is 3.06 bits per heavy atom. The summed E-state index contributed by atoms with van der Waals surface area (Å²) in [6, 6.07) is 5.13. The molecule has 0 atom stereocenters. The summed E-state index contributed by atoms with van der Waals surface area (Å²) in [6.07, 6.45) is 1.63. The van der Waals surface area contributed by atoms with Gasteiger partial charge in [0.1, 0.15) is 17.2 Å². The van der Waals surface area contributed by atoms with Gasteiger partial charge in [0.15, 0.2) is 0 Å². The van der Waals surface area contributed by atoms with Crippen molar-refractivity contribution in [1.29, 1.82) is 0 Å². The van der Waals surface area contributed by atoms with E-state index < -0.39 is 5.97 Å². The van der Waals surface area contributed by atoms with Gasteiger partial charge in [-0.05, 0) is 12.1 Å². The third-order valence-corrected chi connectivity index (χ3v) is 3.12. The van der Waals surface area contributed by atoms with Crippen molar-refractivity contribution in [3.05, 3.63) is 40.2 Å². The van der Waals surface area contributed by atoms with Crippen LogP contribution < -0.4 is 9.47 Å². The highest BCUT2D eigenvalue weighted by molar-refractivity contribution is 7.12. The van der Waals surface area contributed by atoms with E-state index in [1.807, 2.05) is 6.07 Å². The molecule has 2 aromatic heterocycles. The van der Waals surface area contributed by atoms with Gasteiger partial charge >= 0.3 is 5.97 Å². The maximum Gasteiger partial charge on any atom is 0.346 e. The molecular formula is C12H11NO4S. The van der Waals surface area contributed by atoms with Crippen LogP contribution in [-0.4, -0.2) is 23.2 Å². The predicted molar refractivity (Wildman–Crippen MR) is 66.4 cm³/mol. The Morgan fingerprint density at radius 2 is 2.39 bits per heavy atom. The van der Waals surface area contributed by atoms with Gasteiger partial charge in [-0.15, -0.1) is 11.3 Å². The van der Waals surface area contributed by atoms with Crippen LogP contribution in [0.2, 0.25) is 0 Å². The smallest absolute Gasteiger partial charge is 0.346 e. The lowest BCUT2D eigenvalue weighted by Crippen LogP contribution is -1.99. The number of hydrogen-bond donors (Lipinski definition) is 1. The molecule has 94 valence electrons.